The largest absolute Gasteiger partial charge is 0.396 e. The number of rotatable bonds is 6. The molecule has 1 saturated heterocycles. The summed E-state index contributed by atoms with van der Waals surface area (Å²) in [6.45, 7) is 6.07. The molecular formula is C15H27ClN4O3S. The van der Waals surface area contributed by atoms with Crippen LogP contribution in [0.1, 0.15) is 38.3 Å². The molecule has 1 fully saturated rings. The predicted molar refractivity (Wildman–Crippen MR) is 96.6 cm³/mol. The van der Waals surface area contributed by atoms with Gasteiger partial charge in [-0.15, -0.1) is 12.4 Å². The molecule has 9 heteroatoms. The van der Waals surface area contributed by atoms with Crippen molar-refractivity contribution in [1.29, 1.82) is 0 Å². The summed E-state index contributed by atoms with van der Waals surface area (Å²) in [5.41, 5.74) is 0.282. The Balaban J connectivity index is 0.00000288. The van der Waals surface area contributed by atoms with E-state index in [2.05, 4.69) is 20.6 Å². The van der Waals surface area contributed by atoms with Gasteiger partial charge in [-0.2, -0.15) is 0 Å². The van der Waals surface area contributed by atoms with Gasteiger partial charge in [0.1, 0.15) is 4.90 Å². The minimum atomic E-state index is -3.37. The van der Waals surface area contributed by atoms with Gasteiger partial charge in [0.25, 0.3) is 0 Å². The second kappa shape index (κ2) is 8.42. The van der Waals surface area contributed by atoms with Gasteiger partial charge in [-0.3, -0.25) is 0 Å². The Morgan fingerprint density at radius 3 is 2.71 bits per heavy atom. The van der Waals surface area contributed by atoms with Gasteiger partial charge in [0.15, 0.2) is 9.84 Å². The van der Waals surface area contributed by atoms with E-state index in [1.165, 1.54) is 12.5 Å². The van der Waals surface area contributed by atoms with E-state index >= 15 is 0 Å². The number of nitrogens with zero attached hydrogens (tertiary/aromatic N) is 2. The van der Waals surface area contributed by atoms with Gasteiger partial charge in [0.2, 0.25) is 5.95 Å². The predicted octanol–water partition coefficient (Wildman–Crippen LogP) is 1.20. The average Bonchev–Trinajstić information content (AvgIpc) is 2.53. The molecule has 0 saturated carbocycles. The van der Waals surface area contributed by atoms with E-state index in [1.54, 1.807) is 0 Å². The summed E-state index contributed by atoms with van der Waals surface area (Å²) in [6, 6.07) is 0. The summed E-state index contributed by atoms with van der Waals surface area (Å²) in [4.78, 5) is 8.82. The highest BCUT2D eigenvalue weighted by Gasteiger charge is 2.25. The minimum Gasteiger partial charge on any atom is -0.396 e. The molecular weight excluding hydrogens is 352 g/mol. The van der Waals surface area contributed by atoms with Gasteiger partial charge in [-0.25, -0.2) is 18.4 Å². The molecule has 3 N–H and O–H groups in total. The van der Waals surface area contributed by atoms with Gasteiger partial charge >= 0.3 is 0 Å². The van der Waals surface area contributed by atoms with Crippen molar-refractivity contribution in [2.24, 2.45) is 5.41 Å². The molecule has 1 aromatic heterocycles. The molecule has 1 unspecified atom stereocenters. The van der Waals surface area contributed by atoms with Gasteiger partial charge < -0.3 is 15.7 Å². The third-order valence-electron chi connectivity index (χ3n) is 4.02. The smallest absolute Gasteiger partial charge is 0.222 e. The molecule has 1 atom stereocenters. The maximum atomic E-state index is 12.0. The van der Waals surface area contributed by atoms with Crippen molar-refractivity contribution < 1.29 is 13.5 Å². The second-order valence-electron chi connectivity index (χ2n) is 6.93. The lowest BCUT2D eigenvalue weighted by atomic mass is 9.95. The van der Waals surface area contributed by atoms with Crippen molar-refractivity contribution in [3.05, 3.63) is 11.9 Å². The van der Waals surface area contributed by atoms with Crippen LogP contribution < -0.4 is 10.6 Å². The van der Waals surface area contributed by atoms with E-state index in [4.69, 9.17) is 0 Å². The van der Waals surface area contributed by atoms with Crippen molar-refractivity contribution in [2.45, 2.75) is 37.5 Å². The topological polar surface area (TPSA) is 104 Å². The minimum absolute atomic E-state index is 0. The zero-order valence-electron chi connectivity index (χ0n) is 14.4. The van der Waals surface area contributed by atoms with Gasteiger partial charge in [0.05, 0.1) is 11.9 Å². The lowest BCUT2D eigenvalue weighted by Crippen LogP contribution is -2.31. The van der Waals surface area contributed by atoms with Crippen LogP contribution in [0.5, 0.6) is 0 Å². The Labute approximate surface area is 150 Å². The van der Waals surface area contributed by atoms with Crippen molar-refractivity contribution >= 4 is 28.2 Å². The summed E-state index contributed by atoms with van der Waals surface area (Å²) in [6.07, 6.45) is 4.49. The number of aliphatic hydroxyl groups excluding tert-OH is 1. The van der Waals surface area contributed by atoms with Crippen molar-refractivity contribution in [1.82, 2.24) is 15.3 Å². The third-order valence-corrected chi connectivity index (χ3v) is 5.13. The number of halogens is 1. The van der Waals surface area contributed by atoms with Crippen LogP contribution in [0.4, 0.5) is 5.95 Å². The molecule has 1 aliphatic heterocycles. The highest BCUT2D eigenvalue weighted by atomic mass is 35.5. The Hall–Kier alpha value is -0.960. The van der Waals surface area contributed by atoms with Crippen LogP contribution in [0.2, 0.25) is 0 Å². The standard InChI is InChI=1S/C15H26N4O3S.ClH/c1-15(2,10-20)9-18-14-17-8-12(23(3,21)22)13(19-14)11-5-4-6-16-7-11;/h8,11,16,20H,4-7,9-10H2,1-3H3,(H,17,18,19);1H. The normalized spacial score (nSPS) is 18.8. The zero-order valence-corrected chi connectivity index (χ0v) is 16.0. The molecule has 138 valence electrons. The van der Waals surface area contributed by atoms with Crippen molar-refractivity contribution in [2.75, 3.05) is 37.8 Å². The van der Waals surface area contributed by atoms with E-state index in [1.807, 2.05) is 13.8 Å². The zero-order chi connectivity index (χ0) is 17.1. The number of aromatic nitrogens is 2. The monoisotopic (exact) mass is 378 g/mol. The van der Waals surface area contributed by atoms with Crippen LogP contribution in [0.15, 0.2) is 11.1 Å². The number of sulfone groups is 1. The molecule has 24 heavy (non-hydrogen) atoms. The van der Waals surface area contributed by atoms with Gasteiger partial charge in [-0.1, -0.05) is 13.8 Å². The summed E-state index contributed by atoms with van der Waals surface area (Å²) in [7, 11) is -3.37. The Kier molecular flexibility index (Phi) is 7.40. The summed E-state index contributed by atoms with van der Waals surface area (Å²) in [5.74, 6) is 0.474. The Morgan fingerprint density at radius 2 is 2.17 bits per heavy atom. The SMILES string of the molecule is CC(C)(CO)CNc1ncc(S(C)(=O)=O)c(C2CCCNC2)n1.Cl. The van der Waals surface area contributed by atoms with Gasteiger partial charge in [0, 0.05) is 37.3 Å². The molecule has 0 aliphatic carbocycles. The molecule has 1 aliphatic rings. The van der Waals surface area contributed by atoms with Crippen LogP contribution in [-0.2, 0) is 9.84 Å². The summed E-state index contributed by atoms with van der Waals surface area (Å²) in [5, 5.41) is 15.7. The number of aliphatic hydroxyl groups is 1. The number of hydrogen-bond acceptors (Lipinski definition) is 7. The highest BCUT2D eigenvalue weighted by Crippen LogP contribution is 2.28. The van der Waals surface area contributed by atoms with E-state index in [9.17, 15) is 13.5 Å². The first-order chi connectivity index (χ1) is 10.7. The van der Waals surface area contributed by atoms with Crippen molar-refractivity contribution in [3.8, 4) is 0 Å². The molecule has 1 aromatic rings. The quantitative estimate of drug-likeness (QED) is 0.683. The first-order valence-electron chi connectivity index (χ1n) is 7.85. The molecule has 0 bridgehead atoms. The molecule has 0 spiro atoms. The molecule has 2 rings (SSSR count). The van der Waals surface area contributed by atoms with E-state index in [0.29, 0.717) is 18.2 Å². The van der Waals surface area contributed by atoms with E-state index < -0.39 is 9.84 Å². The Bertz CT molecular complexity index is 646. The number of hydrogen-bond donors (Lipinski definition) is 3. The first kappa shape index (κ1) is 21.1. The average molecular weight is 379 g/mol. The maximum Gasteiger partial charge on any atom is 0.222 e. The first-order valence-corrected chi connectivity index (χ1v) is 9.74. The van der Waals surface area contributed by atoms with Crippen LogP contribution in [0, 0.1) is 5.41 Å². The molecule has 0 aromatic carbocycles. The fourth-order valence-electron chi connectivity index (χ4n) is 2.51. The summed E-state index contributed by atoms with van der Waals surface area (Å²) < 4.78 is 24.0. The lowest BCUT2D eigenvalue weighted by Gasteiger charge is -2.25. The lowest BCUT2D eigenvalue weighted by molar-refractivity contribution is 0.170. The van der Waals surface area contributed by atoms with Crippen LogP contribution in [-0.4, -0.2) is 56.0 Å². The number of piperidine rings is 1. The van der Waals surface area contributed by atoms with Crippen LogP contribution >= 0.6 is 12.4 Å². The second-order valence-corrected chi connectivity index (χ2v) is 8.92. The maximum absolute atomic E-state index is 12.0. The van der Waals surface area contributed by atoms with E-state index in [0.717, 1.165) is 25.9 Å². The van der Waals surface area contributed by atoms with E-state index in [-0.39, 0.29) is 35.2 Å². The fraction of sp³-hybridized carbons (Fsp3) is 0.733. The number of anilines is 1. The number of nitrogens with one attached hydrogen (secondary N) is 2. The van der Waals surface area contributed by atoms with Crippen LogP contribution in [0.25, 0.3) is 0 Å². The van der Waals surface area contributed by atoms with Crippen molar-refractivity contribution in [3.63, 3.8) is 0 Å². The molecule has 0 radical (unpaired) electrons. The Morgan fingerprint density at radius 1 is 1.46 bits per heavy atom. The van der Waals surface area contributed by atoms with Crippen LogP contribution in [0.3, 0.4) is 0 Å². The third kappa shape index (κ3) is 5.54. The summed E-state index contributed by atoms with van der Waals surface area (Å²) >= 11 is 0. The van der Waals surface area contributed by atoms with Gasteiger partial charge in [-0.05, 0) is 19.4 Å². The fourth-order valence-corrected chi connectivity index (χ4v) is 3.34. The molecule has 0 amide bonds. The highest BCUT2D eigenvalue weighted by molar-refractivity contribution is 7.90. The molecule has 7 nitrogen and oxygen atoms in total. The molecule has 2 heterocycles.